The number of aromatic nitrogens is 3. The highest BCUT2D eigenvalue weighted by atomic mass is 16.3. The first-order valence-electron chi connectivity index (χ1n) is 19.7. The molecule has 0 bridgehead atoms. The standard InChI is InChI=1S/C54H33N3O/c1-2-14-34(15-3-1)35-28-30-36(31-29-35)41-23-12-17-37-18-13-24-42(50(37)41)39-32-38-16-4-5-19-40(38)46(33-39)52-51-45-22-8-11-27-49(45)58-53(51)56-54(55-52)57-47-25-9-6-20-43(47)44-21-7-10-26-48(44)57/h1-33H. The molecule has 0 aliphatic carbocycles. The number of hydrogen-bond donors (Lipinski definition) is 0. The summed E-state index contributed by atoms with van der Waals surface area (Å²) >= 11 is 0. The molecule has 0 spiro atoms. The molecule has 0 saturated carbocycles. The van der Waals surface area contributed by atoms with Gasteiger partial charge in [0.1, 0.15) is 5.58 Å². The minimum absolute atomic E-state index is 0.559. The van der Waals surface area contributed by atoms with E-state index < -0.39 is 0 Å². The van der Waals surface area contributed by atoms with E-state index in [0.717, 1.165) is 71.3 Å². The molecule has 0 N–H and O–H groups in total. The number of nitrogens with zero attached hydrogens (tertiary/aromatic N) is 3. The summed E-state index contributed by atoms with van der Waals surface area (Å²) in [6.07, 6.45) is 0. The molecule has 3 aromatic heterocycles. The maximum absolute atomic E-state index is 6.60. The summed E-state index contributed by atoms with van der Waals surface area (Å²) in [6.45, 7) is 0. The lowest BCUT2D eigenvalue weighted by Crippen LogP contribution is -2.03. The molecule has 0 radical (unpaired) electrons. The normalized spacial score (nSPS) is 11.8. The van der Waals surface area contributed by atoms with Crippen LogP contribution >= 0.6 is 0 Å². The zero-order valence-electron chi connectivity index (χ0n) is 31.3. The highest BCUT2D eigenvalue weighted by molar-refractivity contribution is 6.16. The number of fused-ring (bicyclic) bond motifs is 8. The fourth-order valence-electron chi connectivity index (χ4n) is 9.00. The van der Waals surface area contributed by atoms with Crippen molar-refractivity contribution in [2.75, 3.05) is 0 Å². The van der Waals surface area contributed by atoms with Crippen LogP contribution in [-0.2, 0) is 0 Å². The van der Waals surface area contributed by atoms with E-state index in [1.54, 1.807) is 0 Å². The van der Waals surface area contributed by atoms with Gasteiger partial charge in [0.2, 0.25) is 11.7 Å². The van der Waals surface area contributed by atoms with Crippen LogP contribution in [0, 0.1) is 0 Å². The van der Waals surface area contributed by atoms with Crippen LogP contribution in [0.5, 0.6) is 0 Å². The second-order valence-electron chi connectivity index (χ2n) is 14.9. The average molecular weight is 740 g/mol. The summed E-state index contributed by atoms with van der Waals surface area (Å²) in [5.41, 5.74) is 12.4. The fourth-order valence-corrected chi connectivity index (χ4v) is 9.00. The van der Waals surface area contributed by atoms with Crippen molar-refractivity contribution in [3.63, 3.8) is 0 Å². The number of hydrogen-bond acceptors (Lipinski definition) is 3. The Morgan fingerprint density at radius 2 is 0.931 bits per heavy atom. The van der Waals surface area contributed by atoms with Gasteiger partial charge in [-0.3, -0.25) is 4.57 Å². The van der Waals surface area contributed by atoms with E-state index in [1.807, 2.05) is 12.1 Å². The predicted octanol–water partition coefficient (Wildman–Crippen LogP) is 14.4. The van der Waals surface area contributed by atoms with Crippen molar-refractivity contribution in [3.05, 3.63) is 200 Å². The van der Waals surface area contributed by atoms with Gasteiger partial charge >= 0.3 is 0 Å². The third kappa shape index (κ3) is 5.02. The second-order valence-corrected chi connectivity index (χ2v) is 14.9. The first kappa shape index (κ1) is 32.4. The van der Waals surface area contributed by atoms with Gasteiger partial charge in [0.05, 0.1) is 22.1 Å². The highest BCUT2D eigenvalue weighted by Crippen LogP contribution is 2.44. The number of furan rings is 1. The van der Waals surface area contributed by atoms with E-state index in [1.165, 1.54) is 33.0 Å². The van der Waals surface area contributed by atoms with Crippen LogP contribution in [0.2, 0.25) is 0 Å². The monoisotopic (exact) mass is 739 g/mol. The summed E-state index contributed by atoms with van der Waals surface area (Å²) in [5, 5.41) is 8.85. The molecule has 0 amide bonds. The molecule has 9 aromatic carbocycles. The third-order valence-electron chi connectivity index (χ3n) is 11.6. The molecule has 0 atom stereocenters. The molecular formula is C54H33N3O. The van der Waals surface area contributed by atoms with Crippen LogP contribution < -0.4 is 0 Å². The Balaban J connectivity index is 1.13. The molecule has 3 heterocycles. The van der Waals surface area contributed by atoms with Crippen molar-refractivity contribution in [3.8, 4) is 50.6 Å². The lowest BCUT2D eigenvalue weighted by molar-refractivity contribution is 0.651. The van der Waals surface area contributed by atoms with Crippen molar-refractivity contribution < 1.29 is 4.42 Å². The van der Waals surface area contributed by atoms with Crippen LogP contribution in [0.15, 0.2) is 205 Å². The molecule has 0 fully saturated rings. The van der Waals surface area contributed by atoms with Gasteiger partial charge in [0, 0.05) is 21.7 Å². The maximum Gasteiger partial charge on any atom is 0.238 e. The molecule has 270 valence electrons. The van der Waals surface area contributed by atoms with E-state index in [4.69, 9.17) is 14.4 Å². The van der Waals surface area contributed by atoms with Crippen molar-refractivity contribution in [2.24, 2.45) is 0 Å². The van der Waals surface area contributed by atoms with Crippen molar-refractivity contribution in [1.82, 2.24) is 14.5 Å². The van der Waals surface area contributed by atoms with Crippen LogP contribution in [0.4, 0.5) is 0 Å². The predicted molar refractivity (Wildman–Crippen MR) is 240 cm³/mol. The Hall–Kier alpha value is -7.82. The SMILES string of the molecule is c1ccc(-c2ccc(-c3cccc4cccc(-c5cc(-c6nc(-n7c8ccccc8c8ccccc87)nc7oc8ccccc8c67)c6ccccc6c5)c34)cc2)cc1. The Labute approximate surface area is 333 Å². The van der Waals surface area contributed by atoms with Gasteiger partial charge in [0.15, 0.2) is 0 Å². The summed E-state index contributed by atoms with van der Waals surface area (Å²) in [7, 11) is 0. The van der Waals surface area contributed by atoms with E-state index in [9.17, 15) is 0 Å². The summed E-state index contributed by atoms with van der Waals surface area (Å²) in [6, 6.07) is 71.2. The molecule has 12 aromatic rings. The quantitative estimate of drug-likeness (QED) is 0.177. The lowest BCUT2D eigenvalue weighted by atomic mass is 9.88. The van der Waals surface area contributed by atoms with Gasteiger partial charge in [-0.25, -0.2) is 4.98 Å². The second kappa shape index (κ2) is 12.9. The van der Waals surface area contributed by atoms with Gasteiger partial charge in [-0.05, 0) is 85.3 Å². The average Bonchev–Trinajstić information content (AvgIpc) is 3.84. The van der Waals surface area contributed by atoms with E-state index in [-0.39, 0.29) is 0 Å². The summed E-state index contributed by atoms with van der Waals surface area (Å²) in [5.74, 6) is 0.569. The molecule has 0 unspecified atom stereocenters. The van der Waals surface area contributed by atoms with Crippen LogP contribution in [0.3, 0.4) is 0 Å². The largest absolute Gasteiger partial charge is 0.437 e. The van der Waals surface area contributed by atoms with E-state index in [0.29, 0.717) is 11.7 Å². The van der Waals surface area contributed by atoms with Crippen LogP contribution in [0.1, 0.15) is 0 Å². The summed E-state index contributed by atoms with van der Waals surface area (Å²) < 4.78 is 8.77. The van der Waals surface area contributed by atoms with Gasteiger partial charge < -0.3 is 4.42 Å². The minimum atomic E-state index is 0.559. The molecule has 58 heavy (non-hydrogen) atoms. The zero-order chi connectivity index (χ0) is 38.2. The summed E-state index contributed by atoms with van der Waals surface area (Å²) in [4.78, 5) is 10.8. The van der Waals surface area contributed by atoms with Crippen molar-refractivity contribution in [2.45, 2.75) is 0 Å². The molecule has 4 nitrogen and oxygen atoms in total. The Bertz CT molecular complexity index is 3500. The number of benzene rings is 9. The van der Waals surface area contributed by atoms with Crippen LogP contribution in [-0.4, -0.2) is 14.5 Å². The highest BCUT2D eigenvalue weighted by Gasteiger charge is 2.23. The van der Waals surface area contributed by atoms with Crippen LogP contribution in [0.25, 0.3) is 116 Å². The molecular weight excluding hydrogens is 707 g/mol. The topological polar surface area (TPSA) is 43.9 Å². The fraction of sp³-hybridized carbons (Fsp3) is 0. The lowest BCUT2D eigenvalue weighted by Gasteiger charge is -2.16. The maximum atomic E-state index is 6.60. The Kier molecular flexibility index (Phi) is 7.20. The van der Waals surface area contributed by atoms with Gasteiger partial charge in [0.25, 0.3) is 0 Å². The number of para-hydroxylation sites is 3. The van der Waals surface area contributed by atoms with Crippen molar-refractivity contribution in [1.29, 1.82) is 0 Å². The van der Waals surface area contributed by atoms with Gasteiger partial charge in [-0.2, -0.15) is 4.98 Å². The smallest absolute Gasteiger partial charge is 0.238 e. The number of rotatable bonds is 5. The molecule has 4 heteroatoms. The minimum Gasteiger partial charge on any atom is -0.437 e. The third-order valence-corrected chi connectivity index (χ3v) is 11.6. The van der Waals surface area contributed by atoms with Gasteiger partial charge in [-0.1, -0.05) is 170 Å². The van der Waals surface area contributed by atoms with E-state index in [2.05, 4.69) is 193 Å². The van der Waals surface area contributed by atoms with Crippen molar-refractivity contribution >= 4 is 65.4 Å². The first-order chi connectivity index (χ1) is 28.8. The van der Waals surface area contributed by atoms with Gasteiger partial charge in [-0.15, -0.1) is 0 Å². The molecule has 0 saturated heterocycles. The first-order valence-corrected chi connectivity index (χ1v) is 19.7. The Morgan fingerprint density at radius 3 is 1.67 bits per heavy atom. The molecule has 0 aliphatic rings. The molecule has 12 rings (SSSR count). The Morgan fingerprint density at radius 1 is 0.362 bits per heavy atom. The van der Waals surface area contributed by atoms with E-state index >= 15 is 0 Å². The molecule has 0 aliphatic heterocycles. The zero-order valence-corrected chi connectivity index (χ0v) is 31.3.